The second-order valence-corrected chi connectivity index (χ2v) is 4.26. The van der Waals surface area contributed by atoms with Crippen molar-refractivity contribution in [3.05, 3.63) is 42.0 Å². The lowest BCUT2D eigenvalue weighted by Gasteiger charge is -2.04. The first-order valence-corrected chi connectivity index (χ1v) is 5.37. The van der Waals surface area contributed by atoms with Crippen LogP contribution in [0.5, 0.6) is 0 Å². The number of nitrogens with zero attached hydrogens (tertiary/aromatic N) is 2. The van der Waals surface area contributed by atoms with Gasteiger partial charge in [0.15, 0.2) is 0 Å². The normalized spacial score (nSPS) is 11.1. The third kappa shape index (κ3) is 1.98. The molecule has 0 saturated heterocycles. The van der Waals surface area contributed by atoms with Gasteiger partial charge in [-0.1, -0.05) is 26.0 Å². The highest BCUT2D eigenvalue weighted by atomic mass is 19.1. The number of hydrogen-bond acceptors (Lipinski definition) is 1. The smallest absolute Gasteiger partial charge is 0.123 e. The Labute approximate surface area is 94.7 Å². The first kappa shape index (κ1) is 10.9. The summed E-state index contributed by atoms with van der Waals surface area (Å²) in [5.74, 6) is 0.153. The van der Waals surface area contributed by atoms with Gasteiger partial charge in [-0.25, -0.2) is 4.39 Å². The largest absolute Gasteiger partial charge is 0.275 e. The van der Waals surface area contributed by atoms with Crippen LogP contribution in [0.3, 0.4) is 0 Å². The molecule has 84 valence electrons. The molecule has 16 heavy (non-hydrogen) atoms. The molecule has 0 spiro atoms. The Hall–Kier alpha value is -1.64. The predicted molar refractivity (Wildman–Crippen MR) is 62.7 cm³/mol. The van der Waals surface area contributed by atoms with Crippen molar-refractivity contribution in [2.45, 2.75) is 19.8 Å². The number of halogens is 1. The van der Waals surface area contributed by atoms with E-state index < -0.39 is 0 Å². The van der Waals surface area contributed by atoms with Gasteiger partial charge in [0.05, 0.1) is 5.69 Å². The lowest BCUT2D eigenvalue weighted by Crippen LogP contribution is -1.93. The summed E-state index contributed by atoms with van der Waals surface area (Å²) in [6.45, 7) is 4.21. The number of aryl methyl sites for hydroxylation is 1. The summed E-state index contributed by atoms with van der Waals surface area (Å²) in [7, 11) is 1.90. The van der Waals surface area contributed by atoms with Gasteiger partial charge in [-0.3, -0.25) is 4.68 Å². The van der Waals surface area contributed by atoms with Crippen molar-refractivity contribution in [1.29, 1.82) is 0 Å². The topological polar surface area (TPSA) is 17.8 Å². The van der Waals surface area contributed by atoms with Crippen molar-refractivity contribution in [1.82, 2.24) is 9.78 Å². The van der Waals surface area contributed by atoms with Gasteiger partial charge < -0.3 is 0 Å². The van der Waals surface area contributed by atoms with Crippen molar-refractivity contribution in [2.75, 3.05) is 0 Å². The van der Waals surface area contributed by atoms with Crippen LogP contribution in [0.25, 0.3) is 11.1 Å². The average molecular weight is 218 g/mol. The Kier molecular flexibility index (Phi) is 2.77. The molecule has 0 amide bonds. The van der Waals surface area contributed by atoms with Crippen LogP contribution in [-0.2, 0) is 7.05 Å². The number of aromatic nitrogens is 2. The van der Waals surface area contributed by atoms with E-state index in [2.05, 4.69) is 18.9 Å². The first-order valence-electron chi connectivity index (χ1n) is 5.37. The Morgan fingerprint density at radius 1 is 1.19 bits per heavy atom. The van der Waals surface area contributed by atoms with Gasteiger partial charge in [-0.2, -0.15) is 5.10 Å². The number of benzene rings is 1. The van der Waals surface area contributed by atoms with Crippen molar-refractivity contribution in [3.63, 3.8) is 0 Å². The molecule has 2 nitrogen and oxygen atoms in total. The highest BCUT2D eigenvalue weighted by Gasteiger charge is 2.12. The summed E-state index contributed by atoms with van der Waals surface area (Å²) in [6.07, 6.45) is 1.97. The molecule has 1 aromatic heterocycles. The average Bonchev–Trinajstić information content (AvgIpc) is 2.61. The molecule has 0 unspecified atom stereocenters. The minimum absolute atomic E-state index is 0.210. The van der Waals surface area contributed by atoms with Crippen LogP contribution < -0.4 is 0 Å². The first-order chi connectivity index (χ1) is 7.58. The van der Waals surface area contributed by atoms with Crippen LogP contribution in [-0.4, -0.2) is 9.78 Å². The van der Waals surface area contributed by atoms with Gasteiger partial charge in [0.1, 0.15) is 5.82 Å². The highest BCUT2D eigenvalue weighted by molar-refractivity contribution is 5.65. The van der Waals surface area contributed by atoms with E-state index in [0.29, 0.717) is 5.92 Å². The quantitative estimate of drug-likeness (QED) is 0.755. The fraction of sp³-hybridized carbons (Fsp3) is 0.308. The molecule has 0 saturated carbocycles. The summed E-state index contributed by atoms with van der Waals surface area (Å²) in [6, 6.07) is 6.54. The van der Waals surface area contributed by atoms with Crippen LogP contribution in [0.15, 0.2) is 30.5 Å². The van der Waals surface area contributed by atoms with E-state index in [1.165, 1.54) is 12.1 Å². The van der Waals surface area contributed by atoms with Crippen molar-refractivity contribution in [3.8, 4) is 11.1 Å². The SMILES string of the molecule is CC(C)c1nn(C)cc1-c1ccc(F)cc1. The van der Waals surface area contributed by atoms with Crippen LogP contribution in [0.1, 0.15) is 25.5 Å². The zero-order valence-electron chi connectivity index (χ0n) is 9.74. The molecule has 3 heteroatoms. The van der Waals surface area contributed by atoms with E-state index in [1.807, 2.05) is 13.2 Å². The third-order valence-electron chi connectivity index (χ3n) is 2.56. The maximum absolute atomic E-state index is 12.8. The van der Waals surface area contributed by atoms with Crippen LogP contribution in [0, 0.1) is 5.82 Å². The van der Waals surface area contributed by atoms with E-state index >= 15 is 0 Å². The molecule has 0 aliphatic carbocycles. The van der Waals surface area contributed by atoms with E-state index in [9.17, 15) is 4.39 Å². The van der Waals surface area contributed by atoms with Crippen molar-refractivity contribution < 1.29 is 4.39 Å². The van der Waals surface area contributed by atoms with Gasteiger partial charge in [-0.15, -0.1) is 0 Å². The third-order valence-corrected chi connectivity index (χ3v) is 2.56. The Balaban J connectivity index is 2.50. The van der Waals surface area contributed by atoms with Gasteiger partial charge in [0.2, 0.25) is 0 Å². The summed E-state index contributed by atoms with van der Waals surface area (Å²) in [5.41, 5.74) is 3.14. The van der Waals surface area contributed by atoms with Crippen molar-refractivity contribution in [2.24, 2.45) is 7.05 Å². The highest BCUT2D eigenvalue weighted by Crippen LogP contribution is 2.27. The molecule has 0 bridgehead atoms. The molecule has 0 aliphatic rings. The van der Waals surface area contributed by atoms with Gasteiger partial charge in [-0.05, 0) is 23.6 Å². The Morgan fingerprint density at radius 3 is 2.38 bits per heavy atom. The molecule has 1 heterocycles. The molecule has 2 rings (SSSR count). The Bertz CT molecular complexity index is 483. The molecule has 0 radical (unpaired) electrons. The second kappa shape index (κ2) is 4.08. The lowest BCUT2D eigenvalue weighted by molar-refractivity contribution is 0.628. The van der Waals surface area contributed by atoms with Crippen LogP contribution >= 0.6 is 0 Å². The van der Waals surface area contributed by atoms with E-state index in [-0.39, 0.29) is 5.82 Å². The summed E-state index contributed by atoms with van der Waals surface area (Å²) in [5, 5.41) is 4.43. The van der Waals surface area contributed by atoms with E-state index in [1.54, 1.807) is 16.8 Å². The molecule has 0 atom stereocenters. The zero-order chi connectivity index (χ0) is 11.7. The van der Waals surface area contributed by atoms with Crippen molar-refractivity contribution >= 4 is 0 Å². The van der Waals surface area contributed by atoms with Gasteiger partial charge >= 0.3 is 0 Å². The summed E-state index contributed by atoms with van der Waals surface area (Å²) in [4.78, 5) is 0. The zero-order valence-corrected chi connectivity index (χ0v) is 9.74. The molecular weight excluding hydrogens is 203 g/mol. The van der Waals surface area contributed by atoms with Crippen LogP contribution in [0.2, 0.25) is 0 Å². The van der Waals surface area contributed by atoms with E-state index in [4.69, 9.17) is 0 Å². The monoisotopic (exact) mass is 218 g/mol. The summed E-state index contributed by atoms with van der Waals surface area (Å²) >= 11 is 0. The number of hydrogen-bond donors (Lipinski definition) is 0. The minimum atomic E-state index is -0.210. The molecule has 2 aromatic rings. The second-order valence-electron chi connectivity index (χ2n) is 4.26. The molecule has 1 aromatic carbocycles. The van der Waals surface area contributed by atoms with E-state index in [0.717, 1.165) is 16.8 Å². The predicted octanol–water partition coefficient (Wildman–Crippen LogP) is 3.35. The molecule has 0 N–H and O–H groups in total. The summed E-state index contributed by atoms with van der Waals surface area (Å²) < 4.78 is 14.6. The maximum Gasteiger partial charge on any atom is 0.123 e. The fourth-order valence-electron chi connectivity index (χ4n) is 1.78. The minimum Gasteiger partial charge on any atom is -0.275 e. The van der Waals surface area contributed by atoms with Gasteiger partial charge in [0, 0.05) is 18.8 Å². The maximum atomic E-state index is 12.8. The molecule has 0 fully saturated rings. The Morgan fingerprint density at radius 2 is 1.81 bits per heavy atom. The van der Waals surface area contributed by atoms with Crippen LogP contribution in [0.4, 0.5) is 4.39 Å². The molecule has 0 aliphatic heterocycles. The fourth-order valence-corrected chi connectivity index (χ4v) is 1.78. The number of rotatable bonds is 2. The lowest BCUT2D eigenvalue weighted by atomic mass is 10.0. The van der Waals surface area contributed by atoms with Gasteiger partial charge in [0.25, 0.3) is 0 Å². The standard InChI is InChI=1S/C13H15FN2/c1-9(2)13-12(8-16(3)15-13)10-4-6-11(14)7-5-10/h4-9H,1-3H3. The molecular formula is C13H15FN2.